The van der Waals surface area contributed by atoms with E-state index in [0.29, 0.717) is 0 Å². The number of nitrogen functional groups attached to an aromatic ring is 1. The molecule has 1 aromatic carbocycles. The normalized spacial score (nSPS) is 11.5. The summed E-state index contributed by atoms with van der Waals surface area (Å²) in [5.74, 6) is 0. The van der Waals surface area contributed by atoms with E-state index in [1.807, 2.05) is 12.1 Å². The van der Waals surface area contributed by atoms with Gasteiger partial charge in [-0.2, -0.15) is 0 Å². The van der Waals surface area contributed by atoms with Gasteiger partial charge in [0.2, 0.25) is 0 Å². The van der Waals surface area contributed by atoms with Gasteiger partial charge in [0.05, 0.1) is 0 Å². The Labute approximate surface area is 72.5 Å². The average Bonchev–Trinajstić information content (AvgIpc) is 1.86. The Morgan fingerprint density at radius 1 is 1.00 bits per heavy atom. The average molecular weight is 256 g/mol. The minimum atomic E-state index is -1.80. The molecule has 1 aromatic rings. The van der Waals surface area contributed by atoms with E-state index >= 15 is 0 Å². The zero-order valence-corrected chi connectivity index (χ0v) is 10.2. The van der Waals surface area contributed by atoms with Gasteiger partial charge in [0.15, 0.2) is 0 Å². The molecule has 2 heteroatoms. The number of hydrogen-bond donors (Lipinski definition) is 1. The van der Waals surface area contributed by atoms with Crippen LogP contribution in [0.5, 0.6) is 0 Å². The molecule has 1 rings (SSSR count). The van der Waals surface area contributed by atoms with Gasteiger partial charge in [-0.3, -0.25) is 0 Å². The number of rotatable bonds is 1. The van der Waals surface area contributed by atoms with Crippen molar-refractivity contribution in [2.24, 2.45) is 0 Å². The first kappa shape index (κ1) is 8.91. The van der Waals surface area contributed by atoms with Crippen molar-refractivity contribution in [1.82, 2.24) is 0 Å². The van der Waals surface area contributed by atoms with Crippen molar-refractivity contribution < 1.29 is 0 Å². The second kappa shape index (κ2) is 3.05. The van der Waals surface area contributed by atoms with E-state index in [-0.39, 0.29) is 0 Å². The number of anilines is 1. The molecule has 0 aliphatic rings. The molecule has 0 fully saturated rings. The molecule has 0 radical (unpaired) electrons. The van der Waals surface area contributed by atoms with Gasteiger partial charge in [-0.25, -0.2) is 0 Å². The molecule has 0 bridgehead atoms. The van der Waals surface area contributed by atoms with Crippen LogP contribution in [-0.2, 0) is 0 Å². The fourth-order valence-corrected chi connectivity index (χ4v) is 4.31. The molecular formula is C9H15NSn. The van der Waals surface area contributed by atoms with Crippen LogP contribution in [0.3, 0.4) is 0 Å². The Morgan fingerprint density at radius 2 is 1.45 bits per heavy atom. The van der Waals surface area contributed by atoms with Crippen LogP contribution >= 0.6 is 0 Å². The monoisotopic (exact) mass is 257 g/mol. The van der Waals surface area contributed by atoms with Crippen LogP contribution < -0.4 is 9.31 Å². The van der Waals surface area contributed by atoms with Gasteiger partial charge in [-0.1, -0.05) is 0 Å². The standard InChI is InChI=1S/C6H6N.3CH3.Sn/c7-6-4-2-1-3-5-6;;;;/h2-5H,7H2;3*1H3;. The van der Waals surface area contributed by atoms with Crippen LogP contribution in [0.2, 0.25) is 14.8 Å². The molecule has 0 amide bonds. The fourth-order valence-electron chi connectivity index (χ4n) is 0.983. The Morgan fingerprint density at radius 3 is 1.82 bits per heavy atom. The molecule has 0 unspecified atom stereocenters. The first-order valence-electron chi connectivity index (χ1n) is 3.86. The van der Waals surface area contributed by atoms with E-state index in [9.17, 15) is 0 Å². The summed E-state index contributed by atoms with van der Waals surface area (Å²) >= 11 is -1.80. The van der Waals surface area contributed by atoms with Gasteiger partial charge in [0, 0.05) is 0 Å². The molecule has 0 spiro atoms. The summed E-state index contributed by atoms with van der Waals surface area (Å²) in [5.41, 5.74) is 6.46. The zero-order chi connectivity index (χ0) is 8.48. The zero-order valence-electron chi connectivity index (χ0n) is 7.39. The number of benzene rings is 1. The summed E-state index contributed by atoms with van der Waals surface area (Å²) in [7, 11) is 0. The maximum atomic E-state index is 5.59. The first-order chi connectivity index (χ1) is 5.00. The summed E-state index contributed by atoms with van der Waals surface area (Å²) in [4.78, 5) is 7.21. The van der Waals surface area contributed by atoms with Crippen LogP contribution in [0.15, 0.2) is 24.3 Å². The minimum absolute atomic E-state index is 0.865. The van der Waals surface area contributed by atoms with Crippen molar-refractivity contribution in [3.63, 3.8) is 0 Å². The van der Waals surface area contributed by atoms with Crippen LogP contribution in [0, 0.1) is 0 Å². The Kier molecular flexibility index (Phi) is 2.47. The third-order valence-corrected chi connectivity index (χ3v) is 7.67. The van der Waals surface area contributed by atoms with E-state index < -0.39 is 18.4 Å². The van der Waals surface area contributed by atoms with Crippen LogP contribution in [0.25, 0.3) is 0 Å². The summed E-state index contributed by atoms with van der Waals surface area (Å²) in [6.07, 6.45) is 0. The van der Waals surface area contributed by atoms with Crippen LogP contribution in [0.4, 0.5) is 5.69 Å². The van der Waals surface area contributed by atoms with E-state index in [0.717, 1.165) is 5.69 Å². The van der Waals surface area contributed by atoms with E-state index in [2.05, 4.69) is 27.0 Å². The predicted octanol–water partition coefficient (Wildman–Crippen LogP) is 1.81. The van der Waals surface area contributed by atoms with Gasteiger partial charge in [0.25, 0.3) is 0 Å². The van der Waals surface area contributed by atoms with Crippen molar-refractivity contribution in [2.45, 2.75) is 14.8 Å². The first-order valence-corrected chi connectivity index (χ1v) is 13.8. The second-order valence-electron chi connectivity index (χ2n) is 3.87. The third kappa shape index (κ3) is 2.40. The molecule has 2 N–H and O–H groups in total. The molecule has 0 aliphatic carbocycles. The van der Waals surface area contributed by atoms with E-state index in [4.69, 9.17) is 5.73 Å². The molecule has 60 valence electrons. The Hall–Kier alpha value is -0.181. The molecular weight excluding hydrogens is 241 g/mol. The topological polar surface area (TPSA) is 26.0 Å². The molecule has 1 nitrogen and oxygen atoms in total. The SMILES string of the molecule is [CH3][Sn]([CH3])([CH3])[c]1ccc(N)cc1. The number of hydrogen-bond acceptors (Lipinski definition) is 1. The van der Waals surface area contributed by atoms with Crippen molar-refractivity contribution in [1.29, 1.82) is 0 Å². The van der Waals surface area contributed by atoms with Crippen molar-refractivity contribution >= 4 is 27.6 Å². The van der Waals surface area contributed by atoms with Crippen LogP contribution in [0.1, 0.15) is 0 Å². The predicted molar refractivity (Wildman–Crippen MR) is 53.8 cm³/mol. The summed E-state index contributed by atoms with van der Waals surface area (Å²) in [6.45, 7) is 0. The van der Waals surface area contributed by atoms with Gasteiger partial charge >= 0.3 is 72.5 Å². The molecule has 0 saturated carbocycles. The van der Waals surface area contributed by atoms with Gasteiger partial charge < -0.3 is 0 Å². The Bertz CT molecular complexity index is 233. The van der Waals surface area contributed by atoms with E-state index in [1.54, 1.807) is 0 Å². The summed E-state index contributed by atoms with van der Waals surface area (Å²) < 4.78 is 1.54. The summed E-state index contributed by atoms with van der Waals surface area (Å²) in [6, 6.07) is 8.34. The van der Waals surface area contributed by atoms with E-state index in [1.165, 1.54) is 3.58 Å². The molecule has 0 saturated heterocycles. The van der Waals surface area contributed by atoms with Crippen molar-refractivity contribution in [3.8, 4) is 0 Å². The summed E-state index contributed by atoms with van der Waals surface area (Å²) in [5, 5.41) is 0. The van der Waals surface area contributed by atoms with Gasteiger partial charge in [-0.15, -0.1) is 0 Å². The molecule has 0 aromatic heterocycles. The van der Waals surface area contributed by atoms with Crippen molar-refractivity contribution in [3.05, 3.63) is 24.3 Å². The molecule has 11 heavy (non-hydrogen) atoms. The fraction of sp³-hybridized carbons (Fsp3) is 0.333. The molecule has 0 atom stereocenters. The van der Waals surface area contributed by atoms with Crippen LogP contribution in [-0.4, -0.2) is 18.4 Å². The maximum absolute atomic E-state index is 5.59. The second-order valence-corrected chi connectivity index (χ2v) is 18.4. The van der Waals surface area contributed by atoms with Crippen molar-refractivity contribution in [2.75, 3.05) is 5.73 Å². The van der Waals surface area contributed by atoms with Gasteiger partial charge in [0.1, 0.15) is 0 Å². The number of nitrogens with two attached hydrogens (primary N) is 1. The van der Waals surface area contributed by atoms with Gasteiger partial charge in [-0.05, 0) is 0 Å². The Balaban J connectivity index is 2.99. The third-order valence-electron chi connectivity index (χ3n) is 1.78. The molecule has 0 aliphatic heterocycles. The molecule has 0 heterocycles. The quantitative estimate of drug-likeness (QED) is 0.601.